The van der Waals surface area contributed by atoms with Crippen LogP contribution in [0.15, 0.2) is 60.8 Å². The van der Waals surface area contributed by atoms with E-state index in [1.165, 1.54) is 0 Å². The minimum Gasteiger partial charge on any atom is -0.320 e. The van der Waals surface area contributed by atoms with Gasteiger partial charge in [0.15, 0.2) is 0 Å². The quantitative estimate of drug-likeness (QED) is 0.801. The lowest BCUT2D eigenvalue weighted by atomic mass is 10.1. The molecule has 0 spiro atoms. The fourth-order valence-electron chi connectivity index (χ4n) is 2.26. The number of nitrogens with zero attached hydrogens (tertiary/aromatic N) is 2. The summed E-state index contributed by atoms with van der Waals surface area (Å²) in [6.07, 6.45) is 2.05. The van der Waals surface area contributed by atoms with Gasteiger partial charge in [0.2, 0.25) is 0 Å². The van der Waals surface area contributed by atoms with E-state index in [1.807, 2.05) is 30.3 Å². The summed E-state index contributed by atoms with van der Waals surface area (Å²) in [5, 5.41) is 12.5. The first-order valence-electron chi connectivity index (χ1n) is 6.89. The van der Waals surface area contributed by atoms with Gasteiger partial charge in [0.25, 0.3) is 5.91 Å². The third-order valence-electron chi connectivity index (χ3n) is 3.38. The van der Waals surface area contributed by atoms with Crippen LogP contribution in [0.25, 0.3) is 10.9 Å². The second kappa shape index (κ2) is 6.06. The van der Waals surface area contributed by atoms with Gasteiger partial charge in [-0.05, 0) is 29.8 Å². The molecule has 3 aromatic rings. The Balaban J connectivity index is 1.85. The van der Waals surface area contributed by atoms with E-state index in [0.29, 0.717) is 17.7 Å². The van der Waals surface area contributed by atoms with Crippen LogP contribution in [-0.2, 0) is 6.42 Å². The fourth-order valence-corrected chi connectivity index (χ4v) is 2.26. The molecular formula is C18H13N3O. The molecule has 2 aromatic carbocycles. The molecule has 0 radical (unpaired) electrons. The van der Waals surface area contributed by atoms with Gasteiger partial charge in [0, 0.05) is 17.1 Å². The molecular weight excluding hydrogens is 274 g/mol. The maximum Gasteiger partial charge on any atom is 0.255 e. The Kier molecular flexibility index (Phi) is 3.80. The van der Waals surface area contributed by atoms with Crippen molar-refractivity contribution < 1.29 is 4.79 Å². The number of amides is 1. The molecule has 0 fully saturated rings. The summed E-state index contributed by atoms with van der Waals surface area (Å²) in [5.74, 6) is -0.193. The van der Waals surface area contributed by atoms with E-state index in [2.05, 4.69) is 16.4 Å². The van der Waals surface area contributed by atoms with Gasteiger partial charge >= 0.3 is 0 Å². The summed E-state index contributed by atoms with van der Waals surface area (Å²) in [7, 11) is 0. The van der Waals surface area contributed by atoms with Gasteiger partial charge in [-0.3, -0.25) is 9.78 Å². The molecule has 4 heteroatoms. The van der Waals surface area contributed by atoms with Gasteiger partial charge in [0.05, 0.1) is 23.7 Å². The zero-order chi connectivity index (χ0) is 15.4. The number of rotatable bonds is 3. The Morgan fingerprint density at radius 2 is 1.86 bits per heavy atom. The molecule has 1 amide bonds. The lowest BCUT2D eigenvalue weighted by Crippen LogP contribution is -2.12. The number of nitrogens with one attached hydrogen (secondary N) is 1. The summed E-state index contributed by atoms with van der Waals surface area (Å²) < 4.78 is 0. The first-order valence-corrected chi connectivity index (χ1v) is 6.89. The Bertz CT molecular complexity index is 858. The number of para-hydroxylation sites is 1. The lowest BCUT2D eigenvalue weighted by molar-refractivity contribution is 0.102. The zero-order valence-electron chi connectivity index (χ0n) is 11.8. The van der Waals surface area contributed by atoms with Gasteiger partial charge in [0.1, 0.15) is 0 Å². The summed E-state index contributed by atoms with van der Waals surface area (Å²) in [6.45, 7) is 0. The van der Waals surface area contributed by atoms with Crippen LogP contribution < -0.4 is 5.32 Å². The number of nitriles is 1. The Morgan fingerprint density at radius 1 is 1.09 bits per heavy atom. The summed E-state index contributed by atoms with van der Waals surface area (Å²) in [4.78, 5) is 16.6. The summed E-state index contributed by atoms with van der Waals surface area (Å²) in [6, 6.07) is 18.6. The van der Waals surface area contributed by atoms with Crippen LogP contribution in [-0.4, -0.2) is 10.9 Å². The number of hydrogen-bond donors (Lipinski definition) is 1. The van der Waals surface area contributed by atoms with Crippen molar-refractivity contribution in [3.05, 3.63) is 71.9 Å². The second-order valence-electron chi connectivity index (χ2n) is 4.87. The highest BCUT2D eigenvalue weighted by atomic mass is 16.1. The first kappa shape index (κ1) is 13.8. The number of anilines is 1. The normalized spacial score (nSPS) is 10.1. The molecule has 0 aliphatic rings. The van der Waals surface area contributed by atoms with E-state index < -0.39 is 0 Å². The van der Waals surface area contributed by atoms with Crippen LogP contribution >= 0.6 is 0 Å². The molecule has 3 rings (SSSR count). The molecule has 1 heterocycles. The van der Waals surface area contributed by atoms with Crippen LogP contribution in [0.1, 0.15) is 15.9 Å². The van der Waals surface area contributed by atoms with E-state index in [4.69, 9.17) is 5.26 Å². The number of aromatic nitrogens is 1. The van der Waals surface area contributed by atoms with E-state index >= 15 is 0 Å². The van der Waals surface area contributed by atoms with Gasteiger partial charge in [-0.2, -0.15) is 5.26 Å². The van der Waals surface area contributed by atoms with Crippen LogP contribution in [0.2, 0.25) is 0 Å². The molecule has 1 N–H and O–H groups in total. The summed E-state index contributed by atoms with van der Waals surface area (Å²) in [5.41, 5.74) is 2.89. The SMILES string of the molecule is N#CCc1ccc(C(=O)Nc2cccc3cccnc23)cc1. The number of benzene rings is 2. The van der Waals surface area contributed by atoms with E-state index in [9.17, 15) is 4.79 Å². The van der Waals surface area contributed by atoms with Crippen molar-refractivity contribution in [3.8, 4) is 6.07 Å². The van der Waals surface area contributed by atoms with E-state index in [0.717, 1.165) is 16.5 Å². The Hall–Kier alpha value is -3.19. The largest absolute Gasteiger partial charge is 0.320 e. The highest BCUT2D eigenvalue weighted by Gasteiger charge is 2.08. The smallest absolute Gasteiger partial charge is 0.255 e. The molecule has 0 atom stereocenters. The second-order valence-corrected chi connectivity index (χ2v) is 4.87. The average molecular weight is 287 g/mol. The van der Waals surface area contributed by atoms with Crippen molar-refractivity contribution in [2.24, 2.45) is 0 Å². The van der Waals surface area contributed by atoms with Crippen molar-refractivity contribution >= 4 is 22.5 Å². The molecule has 22 heavy (non-hydrogen) atoms. The Morgan fingerprint density at radius 3 is 2.64 bits per heavy atom. The molecule has 4 nitrogen and oxygen atoms in total. The Labute approximate surface area is 128 Å². The monoisotopic (exact) mass is 287 g/mol. The predicted molar refractivity (Wildman–Crippen MR) is 85.5 cm³/mol. The van der Waals surface area contributed by atoms with E-state index in [-0.39, 0.29) is 5.91 Å². The molecule has 1 aromatic heterocycles. The zero-order valence-corrected chi connectivity index (χ0v) is 11.8. The van der Waals surface area contributed by atoms with Crippen LogP contribution in [0.3, 0.4) is 0 Å². The number of fused-ring (bicyclic) bond motifs is 1. The van der Waals surface area contributed by atoms with Gasteiger partial charge < -0.3 is 5.32 Å². The predicted octanol–water partition coefficient (Wildman–Crippen LogP) is 3.55. The minimum absolute atomic E-state index is 0.193. The van der Waals surface area contributed by atoms with Crippen molar-refractivity contribution in [1.82, 2.24) is 4.98 Å². The number of hydrogen-bond acceptors (Lipinski definition) is 3. The highest BCUT2D eigenvalue weighted by Crippen LogP contribution is 2.21. The third-order valence-corrected chi connectivity index (χ3v) is 3.38. The molecule has 0 aliphatic heterocycles. The van der Waals surface area contributed by atoms with Crippen molar-refractivity contribution in [2.75, 3.05) is 5.32 Å². The number of carbonyl (C=O) groups excluding carboxylic acids is 1. The molecule has 0 saturated carbocycles. The maximum atomic E-state index is 12.3. The highest BCUT2D eigenvalue weighted by molar-refractivity contribution is 6.08. The minimum atomic E-state index is -0.193. The van der Waals surface area contributed by atoms with Crippen LogP contribution in [0, 0.1) is 11.3 Å². The molecule has 0 saturated heterocycles. The van der Waals surface area contributed by atoms with Crippen LogP contribution in [0.5, 0.6) is 0 Å². The molecule has 0 bridgehead atoms. The lowest BCUT2D eigenvalue weighted by Gasteiger charge is -2.08. The average Bonchev–Trinajstić information content (AvgIpc) is 2.56. The molecule has 0 aliphatic carbocycles. The van der Waals surface area contributed by atoms with Crippen molar-refractivity contribution in [1.29, 1.82) is 5.26 Å². The molecule has 0 unspecified atom stereocenters. The van der Waals surface area contributed by atoms with Crippen molar-refractivity contribution in [2.45, 2.75) is 6.42 Å². The van der Waals surface area contributed by atoms with Gasteiger partial charge in [-0.15, -0.1) is 0 Å². The maximum absolute atomic E-state index is 12.3. The van der Waals surface area contributed by atoms with Gasteiger partial charge in [-0.25, -0.2) is 0 Å². The van der Waals surface area contributed by atoms with Gasteiger partial charge in [-0.1, -0.05) is 30.3 Å². The summed E-state index contributed by atoms with van der Waals surface area (Å²) >= 11 is 0. The first-order chi connectivity index (χ1) is 10.8. The molecule has 106 valence electrons. The van der Waals surface area contributed by atoms with Crippen LogP contribution in [0.4, 0.5) is 5.69 Å². The van der Waals surface area contributed by atoms with E-state index in [1.54, 1.807) is 30.5 Å². The third kappa shape index (κ3) is 2.79. The fraction of sp³-hybridized carbons (Fsp3) is 0.0556. The topological polar surface area (TPSA) is 65.8 Å². The number of carbonyl (C=O) groups is 1. The standard InChI is InChI=1S/C18H13N3O/c19-11-10-13-6-8-15(9-7-13)18(22)21-16-5-1-3-14-4-2-12-20-17(14)16/h1-9,12H,10H2,(H,21,22). The number of pyridine rings is 1. The van der Waals surface area contributed by atoms with Crippen molar-refractivity contribution in [3.63, 3.8) is 0 Å².